The van der Waals surface area contributed by atoms with Crippen LogP contribution in [-0.4, -0.2) is 20.3 Å². The zero-order chi connectivity index (χ0) is 18.8. The van der Waals surface area contributed by atoms with Crippen LogP contribution in [0.3, 0.4) is 0 Å². The number of hydrogen-bond donors (Lipinski definition) is 0. The molecule has 0 atom stereocenters. The monoisotopic (exact) mass is 361 g/mol. The molecule has 4 rings (SSSR count). The number of aryl methyl sites for hydroxylation is 1. The number of unbranched alkanes of at least 4 members (excludes halogenated alkanes) is 5. The van der Waals surface area contributed by atoms with Crippen molar-refractivity contribution in [3.8, 4) is 5.69 Å². The number of nitrogens with zero attached hydrogens (tertiary/aromatic N) is 3. The molecule has 0 aliphatic carbocycles. The van der Waals surface area contributed by atoms with Gasteiger partial charge < -0.3 is 0 Å². The van der Waals surface area contributed by atoms with E-state index in [2.05, 4.69) is 16.9 Å². The van der Waals surface area contributed by atoms with Crippen LogP contribution in [0.5, 0.6) is 0 Å². The highest BCUT2D eigenvalue weighted by molar-refractivity contribution is 6.13. The SMILES string of the molecule is CCCCCCCCc1ccc2c(c1)C(=O)c1nc3ccncc3c(=O)n1-2. The van der Waals surface area contributed by atoms with E-state index in [0.717, 1.165) is 18.4 Å². The van der Waals surface area contributed by atoms with E-state index >= 15 is 0 Å². The lowest BCUT2D eigenvalue weighted by molar-refractivity contribution is 0.103. The summed E-state index contributed by atoms with van der Waals surface area (Å²) >= 11 is 0. The summed E-state index contributed by atoms with van der Waals surface area (Å²) < 4.78 is 1.43. The quantitative estimate of drug-likeness (QED) is 0.462. The second-order valence-electron chi connectivity index (χ2n) is 7.17. The Hall–Kier alpha value is -2.82. The fraction of sp³-hybridized carbons (Fsp3) is 0.364. The van der Waals surface area contributed by atoms with Gasteiger partial charge in [-0.1, -0.05) is 45.1 Å². The van der Waals surface area contributed by atoms with Crippen LogP contribution in [0, 0.1) is 0 Å². The average Bonchev–Trinajstić information content (AvgIpc) is 2.97. The Balaban J connectivity index is 1.60. The molecular formula is C22H23N3O2. The molecule has 0 saturated carbocycles. The van der Waals surface area contributed by atoms with Crippen LogP contribution < -0.4 is 5.56 Å². The Morgan fingerprint density at radius 2 is 1.81 bits per heavy atom. The first kappa shape index (κ1) is 17.6. The number of ketones is 1. The van der Waals surface area contributed by atoms with Gasteiger partial charge in [-0.3, -0.25) is 19.1 Å². The minimum absolute atomic E-state index is 0.175. The van der Waals surface area contributed by atoms with Gasteiger partial charge in [0.05, 0.1) is 22.2 Å². The third kappa shape index (κ3) is 3.18. The van der Waals surface area contributed by atoms with Gasteiger partial charge >= 0.3 is 0 Å². The van der Waals surface area contributed by atoms with Gasteiger partial charge in [-0.15, -0.1) is 0 Å². The highest BCUT2D eigenvalue weighted by atomic mass is 16.1. The van der Waals surface area contributed by atoms with Crippen LogP contribution in [0.2, 0.25) is 0 Å². The highest BCUT2D eigenvalue weighted by Gasteiger charge is 2.30. The molecule has 0 radical (unpaired) electrons. The summed E-state index contributed by atoms with van der Waals surface area (Å²) in [6.07, 6.45) is 11.5. The van der Waals surface area contributed by atoms with Crippen molar-refractivity contribution < 1.29 is 4.79 Å². The lowest BCUT2D eigenvalue weighted by Crippen LogP contribution is -2.21. The number of rotatable bonds is 7. The smallest absolute Gasteiger partial charge is 0.267 e. The molecule has 0 saturated heterocycles. The van der Waals surface area contributed by atoms with Crippen molar-refractivity contribution in [2.24, 2.45) is 0 Å². The maximum atomic E-state index is 12.8. The van der Waals surface area contributed by atoms with Gasteiger partial charge in [-0.25, -0.2) is 4.98 Å². The Morgan fingerprint density at radius 1 is 1.00 bits per heavy atom. The second-order valence-corrected chi connectivity index (χ2v) is 7.17. The molecule has 0 N–H and O–H groups in total. The van der Waals surface area contributed by atoms with Crippen LogP contribution in [0.1, 0.15) is 67.2 Å². The summed E-state index contributed by atoms with van der Waals surface area (Å²) in [4.78, 5) is 34.1. The molecule has 0 fully saturated rings. The Bertz CT molecular complexity index is 1070. The van der Waals surface area contributed by atoms with Crippen LogP contribution in [-0.2, 0) is 6.42 Å². The fourth-order valence-electron chi connectivity index (χ4n) is 3.75. The van der Waals surface area contributed by atoms with Gasteiger partial charge in [0.1, 0.15) is 0 Å². The molecule has 0 bridgehead atoms. The summed E-state index contributed by atoms with van der Waals surface area (Å²) in [5.74, 6) is 0.0241. The van der Waals surface area contributed by atoms with Crippen molar-refractivity contribution in [1.29, 1.82) is 0 Å². The molecule has 27 heavy (non-hydrogen) atoms. The molecule has 5 heteroatoms. The first-order valence-corrected chi connectivity index (χ1v) is 9.75. The first-order valence-electron chi connectivity index (χ1n) is 9.75. The van der Waals surface area contributed by atoms with E-state index in [0.29, 0.717) is 22.2 Å². The Morgan fingerprint density at radius 3 is 2.67 bits per heavy atom. The molecule has 3 heterocycles. The number of aromatic nitrogens is 3. The summed E-state index contributed by atoms with van der Waals surface area (Å²) in [5.41, 5.74) is 2.62. The van der Waals surface area contributed by atoms with Crippen molar-refractivity contribution in [2.75, 3.05) is 0 Å². The molecule has 0 amide bonds. The largest absolute Gasteiger partial charge is 0.285 e. The number of carbonyl (C=O) groups is 1. The molecule has 138 valence electrons. The van der Waals surface area contributed by atoms with Gasteiger partial charge in [-0.2, -0.15) is 0 Å². The lowest BCUT2D eigenvalue weighted by atomic mass is 10.0. The molecule has 2 aromatic heterocycles. The van der Waals surface area contributed by atoms with Crippen molar-refractivity contribution >= 4 is 16.7 Å². The van der Waals surface area contributed by atoms with E-state index in [-0.39, 0.29) is 17.2 Å². The number of fused-ring (bicyclic) bond motifs is 4. The lowest BCUT2D eigenvalue weighted by Gasteiger charge is -2.06. The van der Waals surface area contributed by atoms with E-state index in [1.165, 1.54) is 42.9 Å². The third-order valence-corrected chi connectivity index (χ3v) is 5.24. The first-order chi connectivity index (χ1) is 13.2. The summed E-state index contributed by atoms with van der Waals surface area (Å²) in [6.45, 7) is 2.22. The van der Waals surface area contributed by atoms with E-state index in [1.54, 1.807) is 12.3 Å². The molecule has 1 aromatic carbocycles. The zero-order valence-electron chi connectivity index (χ0n) is 15.6. The Kier molecular flexibility index (Phi) is 4.84. The summed E-state index contributed by atoms with van der Waals surface area (Å²) in [6, 6.07) is 7.49. The minimum Gasteiger partial charge on any atom is -0.285 e. The summed E-state index contributed by atoms with van der Waals surface area (Å²) in [5, 5.41) is 0.429. The highest BCUT2D eigenvalue weighted by Crippen LogP contribution is 2.27. The normalized spacial score (nSPS) is 12.4. The number of benzene rings is 1. The van der Waals surface area contributed by atoms with Crippen LogP contribution in [0.25, 0.3) is 16.6 Å². The van der Waals surface area contributed by atoms with Gasteiger partial charge in [0.2, 0.25) is 5.78 Å². The van der Waals surface area contributed by atoms with E-state index < -0.39 is 0 Å². The van der Waals surface area contributed by atoms with E-state index in [4.69, 9.17) is 0 Å². The van der Waals surface area contributed by atoms with E-state index in [1.807, 2.05) is 18.2 Å². The van der Waals surface area contributed by atoms with Crippen molar-refractivity contribution in [2.45, 2.75) is 51.9 Å². The molecule has 0 unspecified atom stereocenters. The molecule has 1 aliphatic rings. The zero-order valence-corrected chi connectivity index (χ0v) is 15.6. The molecule has 3 aromatic rings. The van der Waals surface area contributed by atoms with Crippen LogP contribution in [0.4, 0.5) is 0 Å². The number of pyridine rings is 1. The predicted molar refractivity (Wildman–Crippen MR) is 106 cm³/mol. The minimum atomic E-state index is -0.237. The van der Waals surface area contributed by atoms with Gasteiger partial charge in [0.25, 0.3) is 5.56 Å². The van der Waals surface area contributed by atoms with Crippen LogP contribution >= 0.6 is 0 Å². The fourth-order valence-corrected chi connectivity index (χ4v) is 3.75. The van der Waals surface area contributed by atoms with Gasteiger partial charge in [0, 0.05) is 12.4 Å². The van der Waals surface area contributed by atoms with Gasteiger partial charge in [0.15, 0.2) is 5.82 Å². The average molecular weight is 361 g/mol. The van der Waals surface area contributed by atoms with Crippen LogP contribution in [0.15, 0.2) is 41.5 Å². The van der Waals surface area contributed by atoms with E-state index in [9.17, 15) is 9.59 Å². The van der Waals surface area contributed by atoms with Gasteiger partial charge in [-0.05, 0) is 36.6 Å². The Labute approximate surface area is 158 Å². The standard InChI is InChI=1S/C22H23N3O2/c1-2-3-4-5-6-7-8-15-9-10-19-16(13-15)20(26)21-24-18-11-12-23-14-17(18)22(27)25(19)21/h9-14H,2-8H2,1H3. The summed E-state index contributed by atoms with van der Waals surface area (Å²) in [7, 11) is 0. The molecule has 0 spiro atoms. The maximum Gasteiger partial charge on any atom is 0.267 e. The topological polar surface area (TPSA) is 64.8 Å². The third-order valence-electron chi connectivity index (χ3n) is 5.24. The predicted octanol–water partition coefficient (Wildman–Crippen LogP) is 4.23. The molecular weight excluding hydrogens is 338 g/mol. The molecule has 1 aliphatic heterocycles. The van der Waals surface area contributed by atoms with Crippen molar-refractivity contribution in [1.82, 2.24) is 14.5 Å². The second kappa shape index (κ2) is 7.43. The maximum absolute atomic E-state index is 12.8. The van der Waals surface area contributed by atoms with Crippen molar-refractivity contribution in [3.63, 3.8) is 0 Å². The van der Waals surface area contributed by atoms with Crippen molar-refractivity contribution in [3.05, 3.63) is 64.0 Å². The number of carbonyl (C=O) groups excluding carboxylic acids is 1. The molecule has 5 nitrogen and oxygen atoms in total. The number of hydrogen-bond acceptors (Lipinski definition) is 4.